The first-order valence-corrected chi connectivity index (χ1v) is 8.72. The average molecular weight is 316 g/mol. The van der Waals surface area contributed by atoms with Crippen molar-refractivity contribution in [2.45, 2.75) is 32.6 Å². The van der Waals surface area contributed by atoms with Crippen LogP contribution in [0.25, 0.3) is 11.1 Å². The summed E-state index contributed by atoms with van der Waals surface area (Å²) < 4.78 is 0. The van der Waals surface area contributed by atoms with Crippen molar-refractivity contribution in [3.63, 3.8) is 0 Å². The summed E-state index contributed by atoms with van der Waals surface area (Å²) in [5, 5.41) is 10.8. The Morgan fingerprint density at radius 3 is 2.04 bits per heavy atom. The molecule has 3 aromatic carbocycles. The van der Waals surface area contributed by atoms with Crippen molar-refractivity contribution >= 4 is 0 Å². The lowest BCUT2D eigenvalue weighted by Gasteiger charge is -2.13. The molecule has 1 N–H and O–H groups in total. The molecule has 0 amide bonds. The molecule has 122 valence electrons. The lowest BCUT2D eigenvalue weighted by Crippen LogP contribution is -1.96. The largest absolute Gasteiger partial charge is 0.507 e. The minimum Gasteiger partial charge on any atom is -0.507 e. The van der Waals surface area contributed by atoms with Gasteiger partial charge in [0.05, 0.1) is 0 Å². The van der Waals surface area contributed by atoms with Crippen LogP contribution in [-0.2, 0) is 19.3 Å². The SMILES string of the molecule is CCCc1cc(CCc2ccccc2)c(O)c(-c2ccccc2)c1. The van der Waals surface area contributed by atoms with Crippen molar-refractivity contribution in [3.05, 3.63) is 89.5 Å². The highest BCUT2D eigenvalue weighted by atomic mass is 16.3. The van der Waals surface area contributed by atoms with Crippen molar-refractivity contribution in [1.82, 2.24) is 0 Å². The summed E-state index contributed by atoms with van der Waals surface area (Å²) in [4.78, 5) is 0. The van der Waals surface area contributed by atoms with Gasteiger partial charge in [0.25, 0.3) is 0 Å². The molecule has 0 unspecified atom stereocenters. The standard InChI is InChI=1S/C23H24O/c1-2-9-19-16-21(15-14-18-10-5-3-6-11-18)23(24)22(17-19)20-12-7-4-8-13-20/h3-8,10-13,16-17,24H,2,9,14-15H2,1H3. The number of rotatable bonds is 6. The van der Waals surface area contributed by atoms with Crippen LogP contribution in [0.5, 0.6) is 5.75 Å². The highest BCUT2D eigenvalue weighted by Crippen LogP contribution is 2.34. The van der Waals surface area contributed by atoms with E-state index in [-0.39, 0.29) is 0 Å². The Kier molecular flexibility index (Phi) is 5.32. The molecule has 3 rings (SSSR count). The predicted molar refractivity (Wildman–Crippen MR) is 101 cm³/mol. The van der Waals surface area contributed by atoms with E-state index in [1.807, 2.05) is 24.3 Å². The Hall–Kier alpha value is -2.54. The lowest BCUT2D eigenvalue weighted by molar-refractivity contribution is 0.469. The van der Waals surface area contributed by atoms with Gasteiger partial charge in [-0.25, -0.2) is 0 Å². The maximum atomic E-state index is 10.8. The molecule has 24 heavy (non-hydrogen) atoms. The van der Waals surface area contributed by atoms with Crippen molar-refractivity contribution in [2.24, 2.45) is 0 Å². The Labute approximate surface area is 144 Å². The monoisotopic (exact) mass is 316 g/mol. The highest BCUT2D eigenvalue weighted by molar-refractivity contribution is 5.72. The lowest BCUT2D eigenvalue weighted by atomic mass is 9.93. The van der Waals surface area contributed by atoms with Gasteiger partial charge in [0, 0.05) is 5.56 Å². The fourth-order valence-corrected chi connectivity index (χ4v) is 3.15. The summed E-state index contributed by atoms with van der Waals surface area (Å²) >= 11 is 0. The number of hydrogen-bond acceptors (Lipinski definition) is 1. The van der Waals surface area contributed by atoms with Gasteiger partial charge in [0.15, 0.2) is 0 Å². The molecule has 3 aromatic rings. The third-order valence-corrected chi connectivity index (χ3v) is 4.40. The predicted octanol–water partition coefficient (Wildman–Crippen LogP) is 5.80. The van der Waals surface area contributed by atoms with Crippen LogP contribution < -0.4 is 0 Å². The van der Waals surface area contributed by atoms with Crippen LogP contribution in [0.2, 0.25) is 0 Å². The van der Waals surface area contributed by atoms with Crippen LogP contribution in [0.3, 0.4) is 0 Å². The summed E-state index contributed by atoms with van der Waals surface area (Å²) in [5.41, 5.74) is 5.68. The van der Waals surface area contributed by atoms with Crippen LogP contribution >= 0.6 is 0 Å². The van der Waals surface area contributed by atoms with Crippen molar-refractivity contribution < 1.29 is 5.11 Å². The fraction of sp³-hybridized carbons (Fsp3) is 0.217. The minimum atomic E-state index is 0.428. The summed E-state index contributed by atoms with van der Waals surface area (Å²) in [6.07, 6.45) is 3.95. The van der Waals surface area contributed by atoms with Crippen molar-refractivity contribution in [3.8, 4) is 16.9 Å². The molecule has 0 saturated heterocycles. The van der Waals surface area contributed by atoms with E-state index in [4.69, 9.17) is 0 Å². The first-order chi connectivity index (χ1) is 11.8. The van der Waals surface area contributed by atoms with Gasteiger partial charge in [-0.05, 0) is 47.6 Å². The van der Waals surface area contributed by atoms with E-state index < -0.39 is 0 Å². The van der Waals surface area contributed by atoms with Gasteiger partial charge >= 0.3 is 0 Å². The second-order valence-corrected chi connectivity index (χ2v) is 6.25. The maximum absolute atomic E-state index is 10.8. The average Bonchev–Trinajstić information content (AvgIpc) is 2.63. The molecular weight excluding hydrogens is 292 g/mol. The van der Waals surface area contributed by atoms with Gasteiger partial charge in [-0.2, -0.15) is 0 Å². The number of phenolic OH excluding ortho intramolecular Hbond substituents is 1. The van der Waals surface area contributed by atoms with Crippen LogP contribution in [0.15, 0.2) is 72.8 Å². The maximum Gasteiger partial charge on any atom is 0.126 e. The van der Waals surface area contributed by atoms with Crippen LogP contribution in [0.4, 0.5) is 0 Å². The zero-order valence-electron chi connectivity index (χ0n) is 14.2. The zero-order valence-corrected chi connectivity index (χ0v) is 14.2. The van der Waals surface area contributed by atoms with E-state index in [1.165, 1.54) is 11.1 Å². The zero-order chi connectivity index (χ0) is 16.8. The second-order valence-electron chi connectivity index (χ2n) is 6.25. The van der Waals surface area contributed by atoms with E-state index >= 15 is 0 Å². The molecule has 0 aliphatic heterocycles. The first-order valence-electron chi connectivity index (χ1n) is 8.72. The van der Waals surface area contributed by atoms with Gasteiger partial charge in [-0.15, -0.1) is 0 Å². The summed E-state index contributed by atoms with van der Waals surface area (Å²) in [5.74, 6) is 0.428. The molecule has 0 heterocycles. The normalized spacial score (nSPS) is 10.7. The highest BCUT2D eigenvalue weighted by Gasteiger charge is 2.12. The van der Waals surface area contributed by atoms with Crippen LogP contribution in [0.1, 0.15) is 30.0 Å². The molecule has 0 spiro atoms. The molecule has 0 radical (unpaired) electrons. The Morgan fingerprint density at radius 1 is 0.708 bits per heavy atom. The molecular formula is C23H24O. The molecule has 0 fully saturated rings. The summed E-state index contributed by atoms with van der Waals surface area (Å²) in [6, 6.07) is 24.9. The Balaban J connectivity index is 1.94. The second kappa shape index (κ2) is 7.83. The fourth-order valence-electron chi connectivity index (χ4n) is 3.15. The molecule has 1 nitrogen and oxygen atoms in total. The van der Waals surface area contributed by atoms with Gasteiger partial charge in [-0.1, -0.05) is 80.1 Å². The van der Waals surface area contributed by atoms with Gasteiger partial charge in [0.1, 0.15) is 5.75 Å². The van der Waals surface area contributed by atoms with Crippen LogP contribution in [-0.4, -0.2) is 5.11 Å². The van der Waals surface area contributed by atoms with E-state index in [2.05, 4.69) is 55.5 Å². The molecule has 0 aliphatic rings. The number of hydrogen-bond donors (Lipinski definition) is 1. The van der Waals surface area contributed by atoms with E-state index in [9.17, 15) is 5.11 Å². The Bertz CT molecular complexity index is 776. The molecule has 0 atom stereocenters. The summed E-state index contributed by atoms with van der Waals surface area (Å²) in [7, 11) is 0. The Morgan fingerprint density at radius 2 is 1.38 bits per heavy atom. The van der Waals surface area contributed by atoms with Gasteiger partial charge in [-0.3, -0.25) is 0 Å². The third-order valence-electron chi connectivity index (χ3n) is 4.40. The minimum absolute atomic E-state index is 0.428. The number of aryl methyl sites for hydroxylation is 3. The first kappa shape index (κ1) is 16.3. The van der Waals surface area contributed by atoms with Crippen LogP contribution in [0, 0.1) is 0 Å². The van der Waals surface area contributed by atoms with Gasteiger partial charge in [0.2, 0.25) is 0 Å². The summed E-state index contributed by atoms with van der Waals surface area (Å²) in [6.45, 7) is 2.19. The quantitative estimate of drug-likeness (QED) is 0.609. The van der Waals surface area contributed by atoms with Crippen molar-refractivity contribution in [2.75, 3.05) is 0 Å². The van der Waals surface area contributed by atoms with E-state index in [0.29, 0.717) is 5.75 Å². The van der Waals surface area contributed by atoms with Crippen molar-refractivity contribution in [1.29, 1.82) is 0 Å². The molecule has 0 aromatic heterocycles. The van der Waals surface area contributed by atoms with E-state index in [0.717, 1.165) is 42.4 Å². The van der Waals surface area contributed by atoms with Gasteiger partial charge < -0.3 is 5.11 Å². The molecule has 0 saturated carbocycles. The number of aromatic hydroxyl groups is 1. The van der Waals surface area contributed by atoms with E-state index in [1.54, 1.807) is 0 Å². The third kappa shape index (κ3) is 3.86. The molecule has 1 heteroatoms. The molecule has 0 aliphatic carbocycles. The number of phenols is 1. The topological polar surface area (TPSA) is 20.2 Å². The smallest absolute Gasteiger partial charge is 0.126 e. The number of benzene rings is 3. The molecule has 0 bridgehead atoms.